The molecule has 1 unspecified atom stereocenters. The first kappa shape index (κ1) is 23.8. The van der Waals surface area contributed by atoms with Gasteiger partial charge in [0.15, 0.2) is 0 Å². The zero-order valence-corrected chi connectivity index (χ0v) is 18.7. The minimum absolute atomic E-state index is 0.00105. The fourth-order valence-electron chi connectivity index (χ4n) is 3.30. The first-order valence-corrected chi connectivity index (χ1v) is 11.7. The molecule has 0 saturated carbocycles. The standard InChI is InChI=1S/C17H17N3O3S.C7H6O2/c1-12(10-18)2-3-13-4-5-14-6-7-16(9-15(14)8-13)20-11-17(21)19-24(20,22)23;8-7(9)6-4-2-1-3-5-6/h4-9,12H,2-3,11H2,1H3,(H,19,21);1-5H,(H,8,9). The highest BCUT2D eigenvalue weighted by molar-refractivity contribution is 7.92. The minimum atomic E-state index is -3.80. The van der Waals surface area contributed by atoms with Gasteiger partial charge >= 0.3 is 16.2 Å². The van der Waals surface area contributed by atoms with E-state index in [0.717, 1.165) is 33.5 Å². The Labute approximate surface area is 192 Å². The molecular formula is C24H23N3O5S. The monoisotopic (exact) mass is 465 g/mol. The van der Waals surface area contributed by atoms with Gasteiger partial charge in [-0.25, -0.2) is 13.8 Å². The molecule has 1 aliphatic rings. The third kappa shape index (κ3) is 6.08. The Hall–Kier alpha value is -3.90. The quantitative estimate of drug-likeness (QED) is 0.594. The minimum Gasteiger partial charge on any atom is -0.478 e. The maximum absolute atomic E-state index is 11.9. The van der Waals surface area contributed by atoms with Crippen molar-refractivity contribution in [2.75, 3.05) is 10.8 Å². The summed E-state index contributed by atoms with van der Waals surface area (Å²) in [6.45, 7) is 1.69. The van der Waals surface area contributed by atoms with E-state index in [4.69, 9.17) is 10.4 Å². The number of aryl methyl sites for hydroxylation is 1. The fourth-order valence-corrected chi connectivity index (χ4v) is 4.44. The molecule has 1 heterocycles. The Morgan fingerprint density at radius 2 is 1.82 bits per heavy atom. The van der Waals surface area contributed by atoms with E-state index in [9.17, 15) is 18.0 Å². The molecule has 0 aromatic heterocycles. The Morgan fingerprint density at radius 3 is 2.39 bits per heavy atom. The first-order valence-electron chi connectivity index (χ1n) is 10.2. The molecule has 1 aliphatic heterocycles. The lowest BCUT2D eigenvalue weighted by atomic mass is 9.99. The molecule has 4 rings (SSSR count). The topological polar surface area (TPSA) is 128 Å². The largest absolute Gasteiger partial charge is 0.478 e. The molecule has 1 fully saturated rings. The van der Waals surface area contributed by atoms with Gasteiger partial charge < -0.3 is 5.11 Å². The highest BCUT2D eigenvalue weighted by Gasteiger charge is 2.33. The Bertz CT molecular complexity index is 1320. The van der Waals surface area contributed by atoms with E-state index >= 15 is 0 Å². The molecule has 9 heteroatoms. The van der Waals surface area contributed by atoms with E-state index in [1.54, 1.807) is 42.5 Å². The lowest BCUT2D eigenvalue weighted by molar-refractivity contribution is -0.117. The Balaban J connectivity index is 0.000000286. The van der Waals surface area contributed by atoms with E-state index in [1.807, 2.05) is 35.9 Å². The zero-order chi connectivity index (χ0) is 24.0. The van der Waals surface area contributed by atoms with Crippen LogP contribution in [0.5, 0.6) is 0 Å². The van der Waals surface area contributed by atoms with Gasteiger partial charge in [0.2, 0.25) is 0 Å². The van der Waals surface area contributed by atoms with Crippen LogP contribution in [0.2, 0.25) is 0 Å². The van der Waals surface area contributed by atoms with E-state index in [0.29, 0.717) is 11.3 Å². The Morgan fingerprint density at radius 1 is 1.12 bits per heavy atom. The number of benzene rings is 3. The normalized spacial score (nSPS) is 15.2. The smallest absolute Gasteiger partial charge is 0.335 e. The summed E-state index contributed by atoms with van der Waals surface area (Å²) in [5.41, 5.74) is 1.89. The number of carbonyl (C=O) groups excluding carboxylic acids is 1. The number of fused-ring (bicyclic) bond motifs is 1. The molecule has 170 valence electrons. The van der Waals surface area contributed by atoms with Crippen LogP contribution in [0.25, 0.3) is 10.8 Å². The van der Waals surface area contributed by atoms with Crippen LogP contribution in [0.1, 0.15) is 29.3 Å². The number of nitriles is 1. The summed E-state index contributed by atoms with van der Waals surface area (Å²) in [6, 6.07) is 21.8. The van der Waals surface area contributed by atoms with Gasteiger partial charge in [0.25, 0.3) is 5.91 Å². The highest BCUT2D eigenvalue weighted by Crippen LogP contribution is 2.26. The molecule has 8 nitrogen and oxygen atoms in total. The lowest BCUT2D eigenvalue weighted by Gasteiger charge is -2.15. The molecule has 0 bridgehead atoms. The van der Waals surface area contributed by atoms with Crippen molar-refractivity contribution in [1.82, 2.24) is 4.72 Å². The van der Waals surface area contributed by atoms with Crippen molar-refractivity contribution in [1.29, 1.82) is 5.26 Å². The molecule has 2 N–H and O–H groups in total. The predicted octanol–water partition coefficient (Wildman–Crippen LogP) is 3.50. The molecular weight excluding hydrogens is 442 g/mol. The van der Waals surface area contributed by atoms with Crippen molar-refractivity contribution in [3.8, 4) is 6.07 Å². The second-order valence-electron chi connectivity index (χ2n) is 7.64. The fraction of sp³-hybridized carbons (Fsp3) is 0.208. The molecule has 1 saturated heterocycles. The van der Waals surface area contributed by atoms with Gasteiger partial charge in [-0.1, -0.05) is 42.5 Å². The van der Waals surface area contributed by atoms with Crippen molar-refractivity contribution in [2.45, 2.75) is 19.8 Å². The third-order valence-electron chi connectivity index (χ3n) is 5.10. The number of amides is 1. The van der Waals surface area contributed by atoms with Crippen molar-refractivity contribution in [2.24, 2.45) is 5.92 Å². The van der Waals surface area contributed by atoms with Crippen LogP contribution in [-0.2, 0) is 21.4 Å². The third-order valence-corrected chi connectivity index (χ3v) is 6.51. The average molecular weight is 466 g/mol. The van der Waals surface area contributed by atoms with Crippen molar-refractivity contribution in [3.63, 3.8) is 0 Å². The van der Waals surface area contributed by atoms with E-state index in [2.05, 4.69) is 6.07 Å². The number of carboxylic acids is 1. The van der Waals surface area contributed by atoms with Crippen LogP contribution < -0.4 is 9.03 Å². The molecule has 0 aliphatic carbocycles. The molecule has 3 aromatic carbocycles. The molecule has 0 radical (unpaired) electrons. The maximum Gasteiger partial charge on any atom is 0.335 e. The molecule has 3 aromatic rings. The van der Waals surface area contributed by atoms with Crippen LogP contribution >= 0.6 is 0 Å². The number of rotatable bonds is 5. The number of hydrogen-bond donors (Lipinski definition) is 2. The van der Waals surface area contributed by atoms with Gasteiger partial charge in [-0.05, 0) is 60.4 Å². The number of carbonyl (C=O) groups is 2. The summed E-state index contributed by atoms with van der Waals surface area (Å²) in [7, 11) is -3.80. The van der Waals surface area contributed by atoms with Crippen molar-refractivity contribution in [3.05, 3.63) is 77.9 Å². The van der Waals surface area contributed by atoms with Gasteiger partial charge in [-0.2, -0.15) is 13.7 Å². The van der Waals surface area contributed by atoms with Gasteiger partial charge in [-0.15, -0.1) is 0 Å². The van der Waals surface area contributed by atoms with E-state index in [1.165, 1.54) is 0 Å². The number of nitrogens with one attached hydrogen (secondary N) is 1. The van der Waals surface area contributed by atoms with E-state index in [-0.39, 0.29) is 12.5 Å². The SMILES string of the molecule is CC(C#N)CCc1ccc2ccc(N3CC(=O)NS3(=O)=O)cc2c1.O=C(O)c1ccccc1. The van der Waals surface area contributed by atoms with Crippen LogP contribution in [0.15, 0.2) is 66.7 Å². The van der Waals surface area contributed by atoms with Crippen molar-refractivity contribution >= 4 is 38.5 Å². The number of carboxylic acid groups (broad SMARTS) is 1. The number of hydrogen-bond acceptors (Lipinski definition) is 5. The molecule has 0 spiro atoms. The van der Waals surface area contributed by atoms with Gasteiger partial charge in [0.05, 0.1) is 17.3 Å². The first-order chi connectivity index (χ1) is 15.7. The summed E-state index contributed by atoms with van der Waals surface area (Å²) in [5.74, 6) is -1.41. The van der Waals surface area contributed by atoms with Gasteiger partial charge in [0, 0.05) is 5.92 Å². The number of nitrogens with zero attached hydrogens (tertiary/aromatic N) is 2. The average Bonchev–Trinajstić information content (AvgIpc) is 3.09. The summed E-state index contributed by atoms with van der Waals surface area (Å²) >= 11 is 0. The number of anilines is 1. The second kappa shape index (κ2) is 10.1. The lowest BCUT2D eigenvalue weighted by Crippen LogP contribution is -2.29. The summed E-state index contributed by atoms with van der Waals surface area (Å²) in [4.78, 5) is 21.6. The highest BCUT2D eigenvalue weighted by atomic mass is 32.2. The zero-order valence-electron chi connectivity index (χ0n) is 17.9. The Kier molecular flexibility index (Phi) is 7.30. The van der Waals surface area contributed by atoms with E-state index < -0.39 is 22.1 Å². The number of aromatic carboxylic acids is 1. The van der Waals surface area contributed by atoms with Gasteiger partial charge in [-0.3, -0.25) is 4.79 Å². The van der Waals surface area contributed by atoms with Crippen LogP contribution in [-0.4, -0.2) is 31.9 Å². The summed E-state index contributed by atoms with van der Waals surface area (Å²) < 4.78 is 26.9. The van der Waals surface area contributed by atoms with Crippen LogP contribution in [0.4, 0.5) is 5.69 Å². The second-order valence-corrected chi connectivity index (χ2v) is 9.24. The molecule has 33 heavy (non-hydrogen) atoms. The molecule has 1 amide bonds. The maximum atomic E-state index is 11.9. The van der Waals surface area contributed by atoms with Gasteiger partial charge in [0.1, 0.15) is 6.54 Å². The van der Waals surface area contributed by atoms with Crippen LogP contribution in [0, 0.1) is 17.2 Å². The van der Waals surface area contributed by atoms with Crippen molar-refractivity contribution < 1.29 is 23.1 Å². The summed E-state index contributed by atoms with van der Waals surface area (Å²) in [6.07, 6.45) is 1.57. The molecule has 1 atom stereocenters. The summed E-state index contributed by atoms with van der Waals surface area (Å²) in [5, 5.41) is 19.2. The van der Waals surface area contributed by atoms with Crippen LogP contribution in [0.3, 0.4) is 0 Å². The predicted molar refractivity (Wildman–Crippen MR) is 125 cm³/mol.